The van der Waals surface area contributed by atoms with Crippen LogP contribution in [0.3, 0.4) is 0 Å². The van der Waals surface area contributed by atoms with E-state index in [1.807, 2.05) is 30.0 Å². The molecule has 0 amide bonds. The van der Waals surface area contributed by atoms with Crippen LogP contribution in [0.5, 0.6) is 0 Å². The van der Waals surface area contributed by atoms with Crippen molar-refractivity contribution in [2.75, 3.05) is 18.1 Å². The van der Waals surface area contributed by atoms with Crippen LogP contribution in [0.4, 0.5) is 5.82 Å². The van der Waals surface area contributed by atoms with Gasteiger partial charge in [0.25, 0.3) is 0 Å². The molecule has 0 aliphatic rings. The fourth-order valence-electron chi connectivity index (χ4n) is 1.77. The Bertz CT molecular complexity index is 584. The highest BCUT2D eigenvalue weighted by atomic mass is 32.2. The van der Waals surface area contributed by atoms with Crippen molar-refractivity contribution in [1.29, 1.82) is 0 Å². The molecule has 0 aliphatic carbocycles. The summed E-state index contributed by atoms with van der Waals surface area (Å²) in [5.41, 5.74) is 2.04. The van der Waals surface area contributed by atoms with E-state index >= 15 is 0 Å². The number of hydrogen-bond donors (Lipinski definition) is 1. The molecular formula is C16H22N4S. The zero-order valence-electron chi connectivity index (χ0n) is 13.1. The van der Waals surface area contributed by atoms with Crippen molar-refractivity contribution >= 4 is 17.6 Å². The third-order valence-corrected chi connectivity index (χ3v) is 4.58. The SMILES string of the molecule is CCc1cc(NCC(C)(C)SC)nc(-c2ccncc2)n1. The number of pyridine rings is 1. The molecule has 0 saturated heterocycles. The lowest BCUT2D eigenvalue weighted by atomic mass is 10.2. The van der Waals surface area contributed by atoms with Crippen molar-refractivity contribution in [3.8, 4) is 11.4 Å². The minimum Gasteiger partial charge on any atom is -0.369 e. The van der Waals surface area contributed by atoms with Crippen LogP contribution in [0.25, 0.3) is 11.4 Å². The summed E-state index contributed by atoms with van der Waals surface area (Å²) in [5, 5.41) is 3.43. The Balaban J connectivity index is 2.26. The van der Waals surface area contributed by atoms with Gasteiger partial charge in [0.2, 0.25) is 0 Å². The van der Waals surface area contributed by atoms with Crippen molar-refractivity contribution < 1.29 is 0 Å². The summed E-state index contributed by atoms with van der Waals surface area (Å²) in [5.74, 6) is 1.64. The van der Waals surface area contributed by atoms with Gasteiger partial charge in [-0.3, -0.25) is 4.98 Å². The van der Waals surface area contributed by atoms with E-state index in [0.717, 1.165) is 35.9 Å². The lowest BCUT2D eigenvalue weighted by Gasteiger charge is -2.22. The fraction of sp³-hybridized carbons (Fsp3) is 0.438. The number of anilines is 1. The Morgan fingerprint density at radius 2 is 1.90 bits per heavy atom. The molecule has 0 aliphatic heterocycles. The van der Waals surface area contributed by atoms with Gasteiger partial charge in [0, 0.05) is 41.0 Å². The summed E-state index contributed by atoms with van der Waals surface area (Å²) >= 11 is 1.84. The molecule has 0 unspecified atom stereocenters. The summed E-state index contributed by atoms with van der Waals surface area (Å²) in [6.07, 6.45) is 6.55. The molecule has 5 heteroatoms. The first-order valence-corrected chi connectivity index (χ1v) is 8.34. The monoisotopic (exact) mass is 302 g/mol. The summed E-state index contributed by atoms with van der Waals surface area (Å²) in [6, 6.07) is 5.90. The molecule has 112 valence electrons. The van der Waals surface area contributed by atoms with Crippen LogP contribution < -0.4 is 5.32 Å². The molecule has 1 N–H and O–H groups in total. The van der Waals surface area contributed by atoms with E-state index in [2.05, 4.69) is 47.3 Å². The van der Waals surface area contributed by atoms with E-state index < -0.39 is 0 Å². The first kappa shape index (κ1) is 15.8. The second-order valence-corrected chi connectivity index (χ2v) is 6.99. The highest BCUT2D eigenvalue weighted by Gasteiger charge is 2.16. The molecule has 0 aromatic carbocycles. The third-order valence-electron chi connectivity index (χ3n) is 3.33. The third kappa shape index (κ3) is 4.43. The van der Waals surface area contributed by atoms with Crippen LogP contribution in [0.15, 0.2) is 30.6 Å². The Morgan fingerprint density at radius 1 is 1.19 bits per heavy atom. The molecule has 2 rings (SSSR count). The molecule has 0 atom stereocenters. The van der Waals surface area contributed by atoms with Gasteiger partial charge < -0.3 is 5.32 Å². The van der Waals surface area contributed by atoms with Crippen LogP contribution >= 0.6 is 11.8 Å². The summed E-state index contributed by atoms with van der Waals surface area (Å²) in [7, 11) is 0. The van der Waals surface area contributed by atoms with Crippen molar-refractivity contribution in [1.82, 2.24) is 15.0 Å². The number of nitrogens with zero attached hydrogens (tertiary/aromatic N) is 3. The van der Waals surface area contributed by atoms with E-state index in [1.165, 1.54) is 0 Å². The van der Waals surface area contributed by atoms with Crippen LogP contribution in [-0.2, 0) is 6.42 Å². The minimum atomic E-state index is 0.175. The Labute approximate surface area is 130 Å². The smallest absolute Gasteiger partial charge is 0.161 e. The highest BCUT2D eigenvalue weighted by Crippen LogP contribution is 2.22. The molecule has 0 bridgehead atoms. The van der Waals surface area contributed by atoms with Gasteiger partial charge >= 0.3 is 0 Å². The van der Waals surface area contributed by atoms with Gasteiger partial charge in [0.05, 0.1) is 0 Å². The number of aryl methyl sites for hydroxylation is 1. The van der Waals surface area contributed by atoms with E-state index in [-0.39, 0.29) is 4.75 Å². The normalized spacial score (nSPS) is 11.4. The van der Waals surface area contributed by atoms with E-state index in [1.54, 1.807) is 12.4 Å². The molecule has 21 heavy (non-hydrogen) atoms. The maximum absolute atomic E-state index is 4.63. The number of aromatic nitrogens is 3. The Morgan fingerprint density at radius 3 is 2.52 bits per heavy atom. The van der Waals surface area contributed by atoms with Gasteiger partial charge in [0.15, 0.2) is 5.82 Å². The molecule has 0 spiro atoms. The first-order valence-electron chi connectivity index (χ1n) is 7.11. The minimum absolute atomic E-state index is 0.175. The van der Waals surface area contributed by atoms with Crippen molar-refractivity contribution in [2.24, 2.45) is 0 Å². The zero-order chi connectivity index (χ0) is 15.3. The molecule has 4 nitrogen and oxygen atoms in total. The number of rotatable bonds is 6. The molecule has 0 saturated carbocycles. The second kappa shape index (κ2) is 6.89. The molecular weight excluding hydrogens is 280 g/mol. The van der Waals surface area contributed by atoms with Crippen molar-refractivity contribution in [2.45, 2.75) is 31.9 Å². The summed E-state index contributed by atoms with van der Waals surface area (Å²) in [4.78, 5) is 13.3. The molecule has 2 aromatic rings. The van der Waals surface area contributed by atoms with Crippen LogP contribution in [0.1, 0.15) is 26.5 Å². The standard InChI is InChI=1S/C16H22N4S/c1-5-13-10-14(18-11-16(2,3)21-4)20-15(19-13)12-6-8-17-9-7-12/h6-10H,5,11H2,1-4H3,(H,18,19,20). The predicted octanol–water partition coefficient (Wildman–Crippen LogP) is 3.65. The molecule has 0 radical (unpaired) electrons. The lowest BCUT2D eigenvalue weighted by Crippen LogP contribution is -2.26. The summed E-state index contributed by atoms with van der Waals surface area (Å²) < 4.78 is 0.175. The largest absolute Gasteiger partial charge is 0.369 e. The highest BCUT2D eigenvalue weighted by molar-refractivity contribution is 7.99. The van der Waals surface area contributed by atoms with Gasteiger partial charge in [-0.05, 0) is 38.7 Å². The van der Waals surface area contributed by atoms with Crippen LogP contribution in [0, 0.1) is 0 Å². The van der Waals surface area contributed by atoms with Gasteiger partial charge in [-0.15, -0.1) is 0 Å². The maximum atomic E-state index is 4.63. The van der Waals surface area contributed by atoms with Gasteiger partial charge in [0.1, 0.15) is 5.82 Å². The Hall–Kier alpha value is -1.62. The topological polar surface area (TPSA) is 50.7 Å². The predicted molar refractivity (Wildman–Crippen MR) is 90.7 cm³/mol. The maximum Gasteiger partial charge on any atom is 0.161 e. The van der Waals surface area contributed by atoms with Crippen LogP contribution in [-0.4, -0.2) is 32.5 Å². The number of hydrogen-bond acceptors (Lipinski definition) is 5. The molecule has 2 heterocycles. The molecule has 2 aromatic heterocycles. The van der Waals surface area contributed by atoms with E-state index in [9.17, 15) is 0 Å². The second-order valence-electron chi connectivity index (χ2n) is 5.47. The summed E-state index contributed by atoms with van der Waals surface area (Å²) in [6.45, 7) is 7.41. The van der Waals surface area contributed by atoms with Gasteiger partial charge in [-0.2, -0.15) is 11.8 Å². The van der Waals surface area contributed by atoms with E-state index in [0.29, 0.717) is 0 Å². The first-order chi connectivity index (χ1) is 10.0. The average molecular weight is 302 g/mol. The number of nitrogens with one attached hydrogen (secondary N) is 1. The van der Waals surface area contributed by atoms with Crippen molar-refractivity contribution in [3.63, 3.8) is 0 Å². The average Bonchev–Trinajstić information content (AvgIpc) is 2.53. The quantitative estimate of drug-likeness (QED) is 0.882. The van der Waals surface area contributed by atoms with E-state index in [4.69, 9.17) is 0 Å². The lowest BCUT2D eigenvalue weighted by molar-refractivity contribution is 0.749. The fourth-order valence-corrected chi connectivity index (χ4v) is 1.99. The van der Waals surface area contributed by atoms with Gasteiger partial charge in [-0.25, -0.2) is 9.97 Å². The zero-order valence-corrected chi connectivity index (χ0v) is 13.9. The molecule has 0 fully saturated rings. The van der Waals surface area contributed by atoms with Gasteiger partial charge in [-0.1, -0.05) is 6.92 Å². The number of thioether (sulfide) groups is 1. The van der Waals surface area contributed by atoms with Crippen LogP contribution in [0.2, 0.25) is 0 Å². The van der Waals surface area contributed by atoms with Crippen molar-refractivity contribution in [3.05, 3.63) is 36.3 Å². The Kier molecular flexibility index (Phi) is 5.17.